The highest BCUT2D eigenvalue weighted by Gasteiger charge is 2.24. The predicted octanol–water partition coefficient (Wildman–Crippen LogP) is 1.86. The molecule has 3 rings (SSSR count). The van der Waals surface area contributed by atoms with Crippen molar-refractivity contribution in [3.8, 4) is 0 Å². The molecule has 0 radical (unpaired) electrons. The summed E-state index contributed by atoms with van der Waals surface area (Å²) >= 11 is 0. The standard InChI is InChI=1S/C17H27N3/c18-13-17-12-15-6-1-2-7-16(15)14-20(17)11-5-10-19-8-3-4-9-19/h1-2,6-7,17H,3-5,8-14,18H2. The zero-order valence-electron chi connectivity index (χ0n) is 12.4. The Hall–Kier alpha value is -0.900. The lowest BCUT2D eigenvalue weighted by Gasteiger charge is -2.36. The minimum atomic E-state index is 0.531. The van der Waals surface area contributed by atoms with E-state index in [1.807, 2.05) is 0 Å². The third-order valence-electron chi connectivity index (χ3n) is 4.85. The van der Waals surface area contributed by atoms with Crippen molar-refractivity contribution >= 4 is 0 Å². The number of likely N-dealkylation sites (tertiary alicyclic amines) is 1. The van der Waals surface area contributed by atoms with Crippen molar-refractivity contribution < 1.29 is 0 Å². The minimum absolute atomic E-state index is 0.531. The average Bonchev–Trinajstić information content (AvgIpc) is 3.00. The summed E-state index contributed by atoms with van der Waals surface area (Å²) in [5.41, 5.74) is 8.99. The van der Waals surface area contributed by atoms with Gasteiger partial charge in [0.1, 0.15) is 0 Å². The number of benzene rings is 1. The molecule has 0 aromatic heterocycles. The molecule has 1 aromatic rings. The molecule has 0 bridgehead atoms. The fraction of sp³-hybridized carbons (Fsp3) is 0.647. The fourth-order valence-corrected chi connectivity index (χ4v) is 3.64. The van der Waals surface area contributed by atoms with Crippen LogP contribution in [0.4, 0.5) is 0 Å². The molecule has 1 saturated heterocycles. The van der Waals surface area contributed by atoms with Crippen LogP contribution in [0.3, 0.4) is 0 Å². The first-order valence-corrected chi connectivity index (χ1v) is 8.10. The lowest BCUT2D eigenvalue weighted by Crippen LogP contribution is -2.45. The number of nitrogens with zero attached hydrogens (tertiary/aromatic N) is 2. The van der Waals surface area contributed by atoms with E-state index < -0.39 is 0 Å². The first kappa shape index (κ1) is 14.1. The first-order chi connectivity index (χ1) is 9.86. The van der Waals surface area contributed by atoms with Crippen molar-refractivity contribution in [2.24, 2.45) is 5.73 Å². The largest absolute Gasteiger partial charge is 0.329 e. The Kier molecular flexibility index (Phi) is 4.71. The highest BCUT2D eigenvalue weighted by molar-refractivity contribution is 5.30. The lowest BCUT2D eigenvalue weighted by molar-refractivity contribution is 0.165. The summed E-state index contributed by atoms with van der Waals surface area (Å²) in [6.07, 6.45) is 5.18. The summed E-state index contributed by atoms with van der Waals surface area (Å²) in [7, 11) is 0. The molecule has 3 nitrogen and oxygen atoms in total. The second kappa shape index (κ2) is 6.70. The Labute approximate surface area is 122 Å². The maximum Gasteiger partial charge on any atom is 0.0262 e. The van der Waals surface area contributed by atoms with E-state index in [2.05, 4.69) is 34.1 Å². The van der Waals surface area contributed by atoms with Gasteiger partial charge in [0.25, 0.3) is 0 Å². The molecule has 0 saturated carbocycles. The Morgan fingerprint density at radius 2 is 1.80 bits per heavy atom. The Balaban J connectivity index is 1.55. The van der Waals surface area contributed by atoms with Crippen LogP contribution in [0.25, 0.3) is 0 Å². The van der Waals surface area contributed by atoms with E-state index in [4.69, 9.17) is 5.73 Å². The topological polar surface area (TPSA) is 32.5 Å². The number of rotatable bonds is 5. The van der Waals surface area contributed by atoms with Gasteiger partial charge in [-0.1, -0.05) is 24.3 Å². The van der Waals surface area contributed by atoms with E-state index in [1.165, 1.54) is 56.6 Å². The van der Waals surface area contributed by atoms with E-state index >= 15 is 0 Å². The van der Waals surface area contributed by atoms with Crippen LogP contribution in [0.5, 0.6) is 0 Å². The van der Waals surface area contributed by atoms with Crippen molar-refractivity contribution in [3.63, 3.8) is 0 Å². The van der Waals surface area contributed by atoms with Crippen LogP contribution in [0, 0.1) is 0 Å². The molecule has 2 heterocycles. The quantitative estimate of drug-likeness (QED) is 0.889. The third-order valence-corrected chi connectivity index (χ3v) is 4.85. The van der Waals surface area contributed by atoms with Crippen LogP contribution in [0.1, 0.15) is 30.4 Å². The number of hydrogen-bond donors (Lipinski definition) is 1. The number of hydrogen-bond acceptors (Lipinski definition) is 3. The van der Waals surface area contributed by atoms with Gasteiger partial charge in [-0.3, -0.25) is 4.90 Å². The smallest absolute Gasteiger partial charge is 0.0262 e. The van der Waals surface area contributed by atoms with Crippen LogP contribution >= 0.6 is 0 Å². The van der Waals surface area contributed by atoms with Gasteiger partial charge in [0.05, 0.1) is 0 Å². The van der Waals surface area contributed by atoms with Crippen molar-refractivity contribution in [3.05, 3.63) is 35.4 Å². The molecular weight excluding hydrogens is 246 g/mol. The van der Waals surface area contributed by atoms with Gasteiger partial charge in [0.2, 0.25) is 0 Å². The molecule has 3 heteroatoms. The lowest BCUT2D eigenvalue weighted by atomic mass is 9.94. The first-order valence-electron chi connectivity index (χ1n) is 8.10. The van der Waals surface area contributed by atoms with Crippen LogP contribution in [-0.4, -0.2) is 48.6 Å². The summed E-state index contributed by atoms with van der Waals surface area (Å²) < 4.78 is 0. The van der Waals surface area contributed by atoms with Crippen molar-refractivity contribution in [2.45, 2.75) is 38.3 Å². The van der Waals surface area contributed by atoms with Gasteiger partial charge < -0.3 is 10.6 Å². The Morgan fingerprint density at radius 3 is 2.55 bits per heavy atom. The molecule has 0 spiro atoms. The SMILES string of the molecule is NCC1Cc2ccccc2CN1CCCN1CCCC1. The second-order valence-electron chi connectivity index (χ2n) is 6.24. The van der Waals surface area contributed by atoms with Gasteiger partial charge in [-0.15, -0.1) is 0 Å². The van der Waals surface area contributed by atoms with Gasteiger partial charge in [-0.25, -0.2) is 0 Å². The fourth-order valence-electron chi connectivity index (χ4n) is 3.64. The summed E-state index contributed by atoms with van der Waals surface area (Å²) in [6.45, 7) is 6.92. The van der Waals surface area contributed by atoms with Crippen molar-refractivity contribution in [1.82, 2.24) is 9.80 Å². The summed E-state index contributed by atoms with van der Waals surface area (Å²) in [5.74, 6) is 0. The monoisotopic (exact) mass is 273 g/mol. The molecule has 2 aliphatic rings. The summed E-state index contributed by atoms with van der Waals surface area (Å²) in [4.78, 5) is 5.20. The molecule has 1 fully saturated rings. The van der Waals surface area contributed by atoms with Gasteiger partial charge in [-0.05, 0) is 56.4 Å². The van der Waals surface area contributed by atoms with Crippen LogP contribution < -0.4 is 5.73 Å². The average molecular weight is 273 g/mol. The zero-order chi connectivity index (χ0) is 13.8. The van der Waals surface area contributed by atoms with E-state index in [0.29, 0.717) is 6.04 Å². The summed E-state index contributed by atoms with van der Waals surface area (Å²) in [5, 5.41) is 0. The predicted molar refractivity (Wildman–Crippen MR) is 83.7 cm³/mol. The maximum atomic E-state index is 5.99. The van der Waals surface area contributed by atoms with Crippen LogP contribution in [0.15, 0.2) is 24.3 Å². The minimum Gasteiger partial charge on any atom is -0.329 e. The highest BCUT2D eigenvalue weighted by Crippen LogP contribution is 2.23. The Morgan fingerprint density at radius 1 is 1.05 bits per heavy atom. The molecule has 20 heavy (non-hydrogen) atoms. The normalized spacial score (nSPS) is 23.9. The van der Waals surface area contributed by atoms with E-state index in [9.17, 15) is 0 Å². The van der Waals surface area contributed by atoms with E-state index in [-0.39, 0.29) is 0 Å². The molecule has 110 valence electrons. The molecule has 1 atom stereocenters. The second-order valence-corrected chi connectivity index (χ2v) is 6.24. The number of nitrogens with two attached hydrogens (primary N) is 1. The van der Waals surface area contributed by atoms with Gasteiger partial charge in [0, 0.05) is 25.7 Å². The number of fused-ring (bicyclic) bond motifs is 1. The van der Waals surface area contributed by atoms with Crippen molar-refractivity contribution in [2.75, 3.05) is 32.7 Å². The van der Waals surface area contributed by atoms with Gasteiger partial charge in [-0.2, -0.15) is 0 Å². The van der Waals surface area contributed by atoms with E-state index in [0.717, 1.165) is 19.5 Å². The molecule has 2 aliphatic heterocycles. The maximum absolute atomic E-state index is 5.99. The molecule has 1 unspecified atom stereocenters. The summed E-state index contributed by atoms with van der Waals surface area (Å²) in [6, 6.07) is 9.37. The molecule has 0 amide bonds. The van der Waals surface area contributed by atoms with Gasteiger partial charge >= 0.3 is 0 Å². The third kappa shape index (κ3) is 3.22. The molecular formula is C17H27N3. The molecule has 1 aromatic carbocycles. The molecule has 0 aliphatic carbocycles. The molecule has 2 N–H and O–H groups in total. The van der Waals surface area contributed by atoms with Crippen molar-refractivity contribution in [1.29, 1.82) is 0 Å². The Bertz CT molecular complexity index is 426. The zero-order valence-corrected chi connectivity index (χ0v) is 12.4. The van der Waals surface area contributed by atoms with Gasteiger partial charge in [0.15, 0.2) is 0 Å². The van der Waals surface area contributed by atoms with Crippen LogP contribution in [-0.2, 0) is 13.0 Å². The van der Waals surface area contributed by atoms with E-state index in [1.54, 1.807) is 0 Å². The van der Waals surface area contributed by atoms with Crippen LogP contribution in [0.2, 0.25) is 0 Å². The highest BCUT2D eigenvalue weighted by atomic mass is 15.2.